The molecule has 2 saturated heterocycles. The minimum absolute atomic E-state index is 0.190. The molecule has 0 radical (unpaired) electrons. The maximum Gasteiger partial charge on any atom is 0.225 e. The van der Waals surface area contributed by atoms with E-state index in [-0.39, 0.29) is 17.7 Å². The van der Waals surface area contributed by atoms with Gasteiger partial charge in [-0.3, -0.25) is 9.59 Å². The number of amides is 2. The molecule has 1 saturated carbocycles. The monoisotopic (exact) mass is 399 g/mol. The lowest BCUT2D eigenvalue weighted by Gasteiger charge is -2.41. The Morgan fingerprint density at radius 3 is 2.28 bits per heavy atom. The predicted molar refractivity (Wildman–Crippen MR) is 112 cm³/mol. The second kappa shape index (κ2) is 9.61. The van der Waals surface area contributed by atoms with E-state index in [1.807, 2.05) is 35.2 Å². The Kier molecular flexibility index (Phi) is 6.70. The molecule has 4 rings (SSSR count). The van der Waals surface area contributed by atoms with E-state index in [1.165, 1.54) is 0 Å². The molecule has 3 aliphatic rings. The lowest BCUT2D eigenvalue weighted by molar-refractivity contribution is -0.134. The minimum Gasteiger partial charge on any atom is -0.493 e. The Hall–Kier alpha value is -2.08. The van der Waals surface area contributed by atoms with Gasteiger partial charge in [-0.15, -0.1) is 0 Å². The van der Waals surface area contributed by atoms with Crippen molar-refractivity contribution in [1.82, 2.24) is 15.1 Å². The van der Waals surface area contributed by atoms with Crippen LogP contribution in [0.1, 0.15) is 44.9 Å². The van der Waals surface area contributed by atoms with E-state index in [1.54, 1.807) is 0 Å². The Balaban J connectivity index is 1.13. The SMILES string of the molecule is O=C(NC1CC1)C1CCN(C2CCN(C(=O)CCOc3ccccc3)CC2)CC1. The van der Waals surface area contributed by atoms with E-state index in [0.717, 1.165) is 70.5 Å². The number of piperidine rings is 2. The topological polar surface area (TPSA) is 61.9 Å². The van der Waals surface area contributed by atoms with E-state index in [9.17, 15) is 9.59 Å². The second-order valence-electron chi connectivity index (χ2n) is 8.62. The fourth-order valence-electron chi connectivity index (χ4n) is 4.48. The van der Waals surface area contributed by atoms with Gasteiger partial charge in [0.1, 0.15) is 5.75 Å². The number of benzene rings is 1. The highest BCUT2D eigenvalue weighted by molar-refractivity contribution is 5.79. The average Bonchev–Trinajstić information content (AvgIpc) is 3.59. The van der Waals surface area contributed by atoms with Gasteiger partial charge in [-0.1, -0.05) is 18.2 Å². The first kappa shape index (κ1) is 20.2. The van der Waals surface area contributed by atoms with E-state index in [2.05, 4.69) is 10.2 Å². The number of para-hydroxylation sites is 1. The molecule has 2 amide bonds. The maximum absolute atomic E-state index is 12.5. The van der Waals surface area contributed by atoms with Gasteiger partial charge in [0, 0.05) is 31.1 Å². The molecule has 158 valence electrons. The standard InChI is InChI=1S/C23H33N3O3/c27-22(12-17-29-21-4-2-1-3-5-21)26-15-10-20(11-16-26)25-13-8-18(9-14-25)23(28)24-19-6-7-19/h1-5,18-20H,6-17H2,(H,24,28). The Labute approximate surface area is 173 Å². The number of hydrogen-bond acceptors (Lipinski definition) is 4. The molecule has 3 fully saturated rings. The van der Waals surface area contributed by atoms with E-state index in [0.29, 0.717) is 25.1 Å². The third kappa shape index (κ3) is 5.72. The summed E-state index contributed by atoms with van der Waals surface area (Å²) in [6.07, 6.45) is 6.74. The first-order valence-electron chi connectivity index (χ1n) is 11.2. The average molecular weight is 400 g/mol. The molecule has 2 heterocycles. The summed E-state index contributed by atoms with van der Waals surface area (Å²) in [5, 5.41) is 3.15. The van der Waals surface area contributed by atoms with Crippen molar-refractivity contribution in [1.29, 1.82) is 0 Å². The van der Waals surface area contributed by atoms with Gasteiger partial charge in [0.15, 0.2) is 0 Å². The Bertz CT molecular complexity index is 676. The number of rotatable bonds is 7. The molecule has 29 heavy (non-hydrogen) atoms. The first-order valence-corrected chi connectivity index (χ1v) is 11.2. The molecule has 0 aromatic heterocycles. The fraction of sp³-hybridized carbons (Fsp3) is 0.652. The summed E-state index contributed by atoms with van der Waals surface area (Å²) in [7, 11) is 0. The van der Waals surface area contributed by atoms with Gasteiger partial charge < -0.3 is 19.9 Å². The van der Waals surface area contributed by atoms with E-state index in [4.69, 9.17) is 4.74 Å². The van der Waals surface area contributed by atoms with Crippen LogP contribution in [0.15, 0.2) is 30.3 Å². The highest BCUT2D eigenvalue weighted by Crippen LogP contribution is 2.26. The minimum atomic E-state index is 0.190. The zero-order valence-corrected chi connectivity index (χ0v) is 17.2. The number of likely N-dealkylation sites (tertiary alicyclic amines) is 2. The number of ether oxygens (including phenoxy) is 1. The second-order valence-corrected chi connectivity index (χ2v) is 8.62. The fourth-order valence-corrected chi connectivity index (χ4v) is 4.48. The summed E-state index contributed by atoms with van der Waals surface area (Å²) in [6, 6.07) is 10.7. The van der Waals surface area contributed by atoms with Crippen LogP contribution in [0.5, 0.6) is 5.75 Å². The number of carbonyl (C=O) groups is 2. The normalized spacial score (nSPS) is 21.7. The molecule has 1 aromatic carbocycles. The van der Waals surface area contributed by atoms with Crippen molar-refractivity contribution in [3.8, 4) is 5.75 Å². The van der Waals surface area contributed by atoms with Gasteiger partial charge >= 0.3 is 0 Å². The molecule has 0 bridgehead atoms. The van der Waals surface area contributed by atoms with Gasteiger partial charge in [0.25, 0.3) is 0 Å². The van der Waals surface area contributed by atoms with Gasteiger partial charge in [-0.05, 0) is 63.7 Å². The third-order valence-corrected chi connectivity index (χ3v) is 6.49. The summed E-state index contributed by atoms with van der Waals surface area (Å²) in [5.74, 6) is 1.46. The van der Waals surface area contributed by atoms with Gasteiger partial charge in [-0.25, -0.2) is 0 Å². The van der Waals surface area contributed by atoms with Crippen molar-refractivity contribution in [2.75, 3.05) is 32.8 Å². The smallest absolute Gasteiger partial charge is 0.225 e. The molecular weight excluding hydrogens is 366 g/mol. The predicted octanol–water partition coefficient (Wildman–Crippen LogP) is 2.44. The van der Waals surface area contributed by atoms with Crippen LogP contribution < -0.4 is 10.1 Å². The van der Waals surface area contributed by atoms with Crippen LogP contribution in [0.4, 0.5) is 0 Å². The summed E-state index contributed by atoms with van der Waals surface area (Å²) < 4.78 is 5.65. The molecule has 1 aromatic rings. The van der Waals surface area contributed by atoms with Crippen LogP contribution in [-0.2, 0) is 9.59 Å². The number of nitrogens with zero attached hydrogens (tertiary/aromatic N) is 2. The number of hydrogen-bond donors (Lipinski definition) is 1. The van der Waals surface area contributed by atoms with Crippen LogP contribution in [0.25, 0.3) is 0 Å². The molecule has 2 aliphatic heterocycles. The summed E-state index contributed by atoms with van der Waals surface area (Å²) in [6.45, 7) is 4.10. The molecular formula is C23H33N3O3. The van der Waals surface area contributed by atoms with E-state index >= 15 is 0 Å². The lowest BCUT2D eigenvalue weighted by Crippen LogP contribution is -2.50. The summed E-state index contributed by atoms with van der Waals surface area (Å²) >= 11 is 0. The van der Waals surface area contributed by atoms with Crippen LogP contribution in [0.2, 0.25) is 0 Å². The van der Waals surface area contributed by atoms with Crippen molar-refractivity contribution in [2.24, 2.45) is 5.92 Å². The first-order chi connectivity index (χ1) is 14.2. The maximum atomic E-state index is 12.5. The number of carbonyl (C=O) groups excluding carboxylic acids is 2. The van der Waals surface area contributed by atoms with Crippen molar-refractivity contribution in [3.05, 3.63) is 30.3 Å². The van der Waals surface area contributed by atoms with Gasteiger partial charge in [0.05, 0.1) is 13.0 Å². The quantitative estimate of drug-likeness (QED) is 0.765. The summed E-state index contributed by atoms with van der Waals surface area (Å²) in [4.78, 5) is 29.2. The van der Waals surface area contributed by atoms with Crippen molar-refractivity contribution < 1.29 is 14.3 Å². The molecule has 6 nitrogen and oxygen atoms in total. The lowest BCUT2D eigenvalue weighted by atomic mass is 9.92. The zero-order valence-electron chi connectivity index (χ0n) is 17.2. The zero-order chi connectivity index (χ0) is 20.1. The molecule has 6 heteroatoms. The Morgan fingerprint density at radius 1 is 0.931 bits per heavy atom. The Morgan fingerprint density at radius 2 is 1.62 bits per heavy atom. The van der Waals surface area contributed by atoms with Crippen molar-refractivity contribution in [3.63, 3.8) is 0 Å². The van der Waals surface area contributed by atoms with Crippen LogP contribution >= 0.6 is 0 Å². The summed E-state index contributed by atoms with van der Waals surface area (Å²) in [5.41, 5.74) is 0. The number of nitrogens with one attached hydrogen (secondary N) is 1. The van der Waals surface area contributed by atoms with Gasteiger partial charge in [0.2, 0.25) is 11.8 Å². The van der Waals surface area contributed by atoms with Crippen molar-refractivity contribution >= 4 is 11.8 Å². The van der Waals surface area contributed by atoms with Gasteiger partial charge in [-0.2, -0.15) is 0 Å². The highest BCUT2D eigenvalue weighted by atomic mass is 16.5. The van der Waals surface area contributed by atoms with E-state index < -0.39 is 0 Å². The largest absolute Gasteiger partial charge is 0.493 e. The third-order valence-electron chi connectivity index (χ3n) is 6.49. The molecule has 1 N–H and O–H groups in total. The van der Waals surface area contributed by atoms with Crippen LogP contribution in [0, 0.1) is 5.92 Å². The highest BCUT2D eigenvalue weighted by Gasteiger charge is 2.33. The molecule has 0 atom stereocenters. The van der Waals surface area contributed by atoms with Crippen LogP contribution in [0.3, 0.4) is 0 Å². The molecule has 0 unspecified atom stereocenters. The van der Waals surface area contributed by atoms with Crippen LogP contribution in [-0.4, -0.2) is 66.5 Å². The molecule has 0 spiro atoms. The van der Waals surface area contributed by atoms with Crippen molar-refractivity contribution in [2.45, 2.75) is 57.0 Å². The molecule has 1 aliphatic carbocycles.